The van der Waals surface area contributed by atoms with Crippen molar-refractivity contribution in [2.45, 2.75) is 32.4 Å². The van der Waals surface area contributed by atoms with Gasteiger partial charge in [-0.2, -0.15) is 0 Å². The van der Waals surface area contributed by atoms with Gasteiger partial charge in [-0.05, 0) is 48.9 Å². The van der Waals surface area contributed by atoms with Gasteiger partial charge in [0.1, 0.15) is 5.82 Å². The van der Waals surface area contributed by atoms with E-state index in [1.807, 2.05) is 13.2 Å². The Bertz CT molecular complexity index is 847. The van der Waals surface area contributed by atoms with Crippen LogP contribution in [-0.2, 0) is 17.7 Å². The van der Waals surface area contributed by atoms with Crippen LogP contribution in [0.15, 0.2) is 53.7 Å². The smallest absolute Gasteiger partial charge is 0.193 e. The average molecular weight is 535 g/mol. The Morgan fingerprint density at radius 2 is 2.00 bits per heavy atom. The molecule has 2 saturated heterocycles. The Morgan fingerprint density at radius 3 is 2.77 bits per heavy atom. The van der Waals surface area contributed by atoms with Crippen molar-refractivity contribution in [3.63, 3.8) is 0 Å². The molecule has 0 radical (unpaired) electrons. The Kier molecular flexibility index (Phi) is 8.95. The predicted octanol–water partition coefficient (Wildman–Crippen LogP) is 3.56. The number of halogens is 1. The van der Waals surface area contributed by atoms with Gasteiger partial charge in [0.15, 0.2) is 5.96 Å². The highest BCUT2D eigenvalue weighted by Crippen LogP contribution is 2.21. The minimum atomic E-state index is 0. The molecule has 6 nitrogen and oxygen atoms in total. The summed E-state index contributed by atoms with van der Waals surface area (Å²) < 4.78 is 5.65. The highest BCUT2D eigenvalue weighted by molar-refractivity contribution is 14.0. The molecule has 0 spiro atoms. The van der Waals surface area contributed by atoms with E-state index in [1.165, 1.54) is 17.5 Å². The topological polar surface area (TPSA) is 53.0 Å². The largest absolute Gasteiger partial charge is 0.375 e. The molecule has 0 aliphatic carbocycles. The Balaban J connectivity index is 0.00000272. The van der Waals surface area contributed by atoms with Gasteiger partial charge in [0.25, 0.3) is 0 Å². The molecular weight excluding hydrogens is 501 g/mol. The second-order valence-corrected chi connectivity index (χ2v) is 8.34. The zero-order valence-corrected chi connectivity index (χ0v) is 20.9. The number of morpholine rings is 1. The van der Waals surface area contributed by atoms with Gasteiger partial charge in [-0.25, -0.2) is 4.98 Å². The number of hydrogen-bond donors (Lipinski definition) is 1. The minimum Gasteiger partial charge on any atom is -0.375 e. The molecule has 2 atom stereocenters. The van der Waals surface area contributed by atoms with Crippen molar-refractivity contribution in [1.82, 2.24) is 15.2 Å². The monoisotopic (exact) mass is 535 g/mol. The summed E-state index contributed by atoms with van der Waals surface area (Å²) in [4.78, 5) is 13.8. The first kappa shape index (κ1) is 23.8. The predicted molar refractivity (Wildman–Crippen MR) is 137 cm³/mol. The van der Waals surface area contributed by atoms with Gasteiger partial charge in [-0.3, -0.25) is 4.99 Å². The Morgan fingerprint density at radius 1 is 1.16 bits per heavy atom. The molecule has 2 unspecified atom stereocenters. The molecule has 7 heteroatoms. The number of aliphatic imine (C=N–C) groups is 1. The van der Waals surface area contributed by atoms with E-state index in [1.54, 1.807) is 0 Å². The lowest BCUT2D eigenvalue weighted by atomic mass is 9.99. The average Bonchev–Trinajstić information content (AvgIpc) is 3.23. The Hall–Kier alpha value is -1.87. The molecule has 2 aliphatic heterocycles. The van der Waals surface area contributed by atoms with Crippen molar-refractivity contribution in [2.75, 3.05) is 44.7 Å². The van der Waals surface area contributed by atoms with Gasteiger partial charge in [-0.1, -0.05) is 30.3 Å². The summed E-state index contributed by atoms with van der Waals surface area (Å²) in [5.41, 5.74) is 2.65. The van der Waals surface area contributed by atoms with Crippen LogP contribution in [0.1, 0.15) is 24.5 Å². The summed E-state index contributed by atoms with van der Waals surface area (Å²) in [6, 6.07) is 15.1. The highest BCUT2D eigenvalue weighted by Gasteiger charge is 2.25. The third-order valence-corrected chi connectivity index (χ3v) is 5.99. The number of nitrogens with one attached hydrogen (secondary N) is 1. The molecule has 2 aliphatic rings. The summed E-state index contributed by atoms with van der Waals surface area (Å²) in [5, 5.41) is 3.56. The van der Waals surface area contributed by atoms with Crippen LogP contribution >= 0.6 is 24.0 Å². The number of anilines is 1. The number of guanidine groups is 1. The van der Waals surface area contributed by atoms with Crippen molar-refractivity contribution in [2.24, 2.45) is 10.9 Å². The second-order valence-electron chi connectivity index (χ2n) is 8.34. The SMILES string of the molecule is CN=C(NCc1ccnc(N2CCOC(C)C2)c1)N1CCC(Cc2ccccc2)C1.I. The van der Waals surface area contributed by atoms with Gasteiger partial charge in [0.05, 0.1) is 12.7 Å². The first-order valence-electron chi connectivity index (χ1n) is 11.0. The van der Waals surface area contributed by atoms with Crippen LogP contribution in [0.5, 0.6) is 0 Å². The van der Waals surface area contributed by atoms with Crippen molar-refractivity contribution < 1.29 is 4.74 Å². The molecule has 0 bridgehead atoms. The van der Waals surface area contributed by atoms with Crippen LogP contribution in [-0.4, -0.2) is 61.8 Å². The molecular formula is C24H34IN5O. The maximum atomic E-state index is 5.65. The van der Waals surface area contributed by atoms with E-state index in [0.29, 0.717) is 5.92 Å². The van der Waals surface area contributed by atoms with Crippen molar-refractivity contribution in [1.29, 1.82) is 0 Å². The molecule has 1 aromatic heterocycles. The number of likely N-dealkylation sites (tertiary alicyclic amines) is 1. The number of pyridine rings is 1. The number of rotatable bonds is 5. The molecule has 1 aromatic carbocycles. The quantitative estimate of drug-likeness (QED) is 0.361. The number of ether oxygens (including phenoxy) is 1. The van der Waals surface area contributed by atoms with E-state index in [-0.39, 0.29) is 30.1 Å². The second kappa shape index (κ2) is 11.7. The molecule has 3 heterocycles. The van der Waals surface area contributed by atoms with Crippen LogP contribution < -0.4 is 10.2 Å². The molecule has 2 fully saturated rings. The summed E-state index contributed by atoms with van der Waals surface area (Å²) in [6.45, 7) is 7.53. The van der Waals surface area contributed by atoms with Crippen molar-refractivity contribution in [3.8, 4) is 0 Å². The Labute approximate surface area is 203 Å². The zero-order chi connectivity index (χ0) is 20.8. The fourth-order valence-corrected chi connectivity index (χ4v) is 4.42. The summed E-state index contributed by atoms with van der Waals surface area (Å²) in [6.07, 6.45) is 4.51. The summed E-state index contributed by atoms with van der Waals surface area (Å²) >= 11 is 0. The van der Waals surface area contributed by atoms with Crippen LogP contribution in [0.3, 0.4) is 0 Å². The van der Waals surface area contributed by atoms with E-state index in [9.17, 15) is 0 Å². The van der Waals surface area contributed by atoms with Crippen molar-refractivity contribution in [3.05, 3.63) is 59.8 Å². The van der Waals surface area contributed by atoms with Crippen LogP contribution in [0.4, 0.5) is 5.82 Å². The van der Waals surface area contributed by atoms with Crippen molar-refractivity contribution >= 4 is 35.8 Å². The lowest BCUT2D eigenvalue weighted by Crippen LogP contribution is -2.41. The van der Waals surface area contributed by atoms with Gasteiger partial charge in [0, 0.05) is 46.0 Å². The van der Waals surface area contributed by atoms with Crippen LogP contribution in [0, 0.1) is 5.92 Å². The zero-order valence-electron chi connectivity index (χ0n) is 18.5. The van der Waals surface area contributed by atoms with Crippen LogP contribution in [0.25, 0.3) is 0 Å². The van der Waals surface area contributed by atoms with E-state index in [0.717, 1.165) is 57.5 Å². The van der Waals surface area contributed by atoms with Gasteiger partial charge < -0.3 is 19.9 Å². The number of benzene rings is 1. The lowest BCUT2D eigenvalue weighted by molar-refractivity contribution is 0.0529. The molecule has 0 saturated carbocycles. The maximum absolute atomic E-state index is 5.65. The number of aromatic nitrogens is 1. The van der Waals surface area contributed by atoms with E-state index >= 15 is 0 Å². The third-order valence-electron chi connectivity index (χ3n) is 5.99. The molecule has 4 rings (SSSR count). The first-order chi connectivity index (χ1) is 14.7. The van der Waals surface area contributed by atoms with E-state index in [4.69, 9.17) is 4.74 Å². The van der Waals surface area contributed by atoms with Gasteiger partial charge in [0.2, 0.25) is 0 Å². The molecule has 31 heavy (non-hydrogen) atoms. The fourth-order valence-electron chi connectivity index (χ4n) is 4.42. The lowest BCUT2D eigenvalue weighted by Gasteiger charge is -2.32. The highest BCUT2D eigenvalue weighted by atomic mass is 127. The first-order valence-corrected chi connectivity index (χ1v) is 11.0. The summed E-state index contributed by atoms with van der Waals surface area (Å²) in [7, 11) is 1.87. The minimum absolute atomic E-state index is 0. The van der Waals surface area contributed by atoms with E-state index < -0.39 is 0 Å². The molecule has 1 N–H and O–H groups in total. The molecule has 0 amide bonds. The number of nitrogens with zero attached hydrogens (tertiary/aromatic N) is 4. The number of hydrogen-bond acceptors (Lipinski definition) is 4. The third kappa shape index (κ3) is 6.55. The molecule has 2 aromatic rings. The molecule has 168 valence electrons. The van der Waals surface area contributed by atoms with E-state index in [2.05, 4.69) is 74.5 Å². The fraction of sp³-hybridized carbons (Fsp3) is 0.500. The normalized spacial score (nSPS) is 21.7. The van der Waals surface area contributed by atoms with Gasteiger partial charge in [-0.15, -0.1) is 24.0 Å². The summed E-state index contributed by atoms with van der Waals surface area (Å²) in [5.74, 6) is 2.70. The maximum Gasteiger partial charge on any atom is 0.193 e. The van der Waals surface area contributed by atoms with Crippen LogP contribution in [0.2, 0.25) is 0 Å². The van der Waals surface area contributed by atoms with Gasteiger partial charge >= 0.3 is 0 Å². The standard InChI is InChI=1S/C24H33N5O.HI/c1-19-17-28(12-13-30-19)23-15-21(8-10-26-23)16-27-24(25-2)29-11-9-22(18-29)14-20-6-4-3-5-7-20;/h3-8,10,15,19,22H,9,11-14,16-18H2,1-2H3,(H,25,27);1H.